The van der Waals surface area contributed by atoms with Crippen molar-refractivity contribution in [2.24, 2.45) is 5.92 Å². The molecule has 0 aliphatic heterocycles. The minimum absolute atomic E-state index is 0.0256. The molecule has 0 saturated heterocycles. The standard InChI is InChI=1S/C14H20N2O2/c1-2-10-5-3-6-11(9-10)18-14(17)13-12(15)7-4-8-16-13/h4,7-8,10-11H,2-3,5-6,9,15H2,1H3. The Kier molecular flexibility index (Phi) is 4.18. The van der Waals surface area contributed by atoms with E-state index in [4.69, 9.17) is 10.5 Å². The Balaban J connectivity index is 1.97. The zero-order chi connectivity index (χ0) is 13.0. The Morgan fingerprint density at radius 1 is 1.56 bits per heavy atom. The Morgan fingerprint density at radius 2 is 2.39 bits per heavy atom. The molecule has 1 fully saturated rings. The number of hydrogen-bond donors (Lipinski definition) is 1. The highest BCUT2D eigenvalue weighted by Crippen LogP contribution is 2.29. The Labute approximate surface area is 108 Å². The van der Waals surface area contributed by atoms with Gasteiger partial charge in [0.1, 0.15) is 6.10 Å². The number of nitrogen functional groups attached to an aromatic ring is 1. The van der Waals surface area contributed by atoms with Crippen LogP contribution in [0.5, 0.6) is 0 Å². The molecule has 0 amide bonds. The first-order chi connectivity index (χ1) is 8.70. The predicted molar refractivity (Wildman–Crippen MR) is 70.1 cm³/mol. The number of rotatable bonds is 3. The average Bonchev–Trinajstić information content (AvgIpc) is 2.39. The van der Waals surface area contributed by atoms with Crippen LogP contribution in [0, 0.1) is 5.92 Å². The average molecular weight is 248 g/mol. The molecule has 2 rings (SSSR count). The van der Waals surface area contributed by atoms with Crippen LogP contribution in [-0.4, -0.2) is 17.1 Å². The van der Waals surface area contributed by atoms with Crippen LogP contribution in [-0.2, 0) is 4.74 Å². The van der Waals surface area contributed by atoms with Gasteiger partial charge in [0.15, 0.2) is 5.69 Å². The van der Waals surface area contributed by atoms with Gasteiger partial charge in [-0.15, -0.1) is 0 Å². The zero-order valence-electron chi connectivity index (χ0n) is 10.8. The second-order valence-electron chi connectivity index (χ2n) is 4.91. The molecule has 1 aromatic rings. The van der Waals surface area contributed by atoms with E-state index in [1.807, 2.05) is 0 Å². The van der Waals surface area contributed by atoms with Crippen LogP contribution in [0.3, 0.4) is 0 Å². The molecule has 0 radical (unpaired) electrons. The van der Waals surface area contributed by atoms with E-state index >= 15 is 0 Å². The lowest BCUT2D eigenvalue weighted by molar-refractivity contribution is 0.0135. The molecule has 2 unspecified atom stereocenters. The number of ether oxygens (including phenoxy) is 1. The number of anilines is 1. The van der Waals surface area contributed by atoms with Gasteiger partial charge < -0.3 is 10.5 Å². The number of pyridine rings is 1. The first kappa shape index (κ1) is 12.9. The van der Waals surface area contributed by atoms with Gasteiger partial charge in [-0.05, 0) is 37.3 Å². The van der Waals surface area contributed by atoms with Gasteiger partial charge in [0.05, 0.1) is 5.69 Å². The van der Waals surface area contributed by atoms with Crippen LogP contribution in [0.2, 0.25) is 0 Å². The fraction of sp³-hybridized carbons (Fsp3) is 0.571. The van der Waals surface area contributed by atoms with E-state index in [1.54, 1.807) is 18.3 Å². The van der Waals surface area contributed by atoms with Gasteiger partial charge in [-0.1, -0.05) is 19.8 Å². The second kappa shape index (κ2) is 5.85. The number of esters is 1. The molecule has 2 atom stereocenters. The molecule has 98 valence electrons. The number of nitrogens with zero attached hydrogens (tertiary/aromatic N) is 1. The highest BCUT2D eigenvalue weighted by atomic mass is 16.5. The van der Waals surface area contributed by atoms with E-state index in [1.165, 1.54) is 6.42 Å². The summed E-state index contributed by atoms with van der Waals surface area (Å²) in [6, 6.07) is 3.37. The molecule has 4 nitrogen and oxygen atoms in total. The highest BCUT2D eigenvalue weighted by Gasteiger charge is 2.25. The second-order valence-corrected chi connectivity index (χ2v) is 4.91. The molecular weight excluding hydrogens is 228 g/mol. The molecule has 1 aromatic heterocycles. The molecule has 1 aliphatic carbocycles. The Hall–Kier alpha value is -1.58. The van der Waals surface area contributed by atoms with Gasteiger partial charge in [-0.2, -0.15) is 0 Å². The lowest BCUT2D eigenvalue weighted by Gasteiger charge is -2.28. The fourth-order valence-corrected chi connectivity index (χ4v) is 2.51. The van der Waals surface area contributed by atoms with Crippen molar-refractivity contribution >= 4 is 11.7 Å². The van der Waals surface area contributed by atoms with Crippen molar-refractivity contribution in [1.82, 2.24) is 4.98 Å². The molecule has 4 heteroatoms. The topological polar surface area (TPSA) is 65.2 Å². The summed E-state index contributed by atoms with van der Waals surface area (Å²) in [5.74, 6) is 0.285. The Bertz CT molecular complexity index is 420. The largest absolute Gasteiger partial charge is 0.458 e. The summed E-state index contributed by atoms with van der Waals surface area (Å²) in [4.78, 5) is 15.9. The van der Waals surface area contributed by atoms with E-state index in [9.17, 15) is 4.79 Å². The highest BCUT2D eigenvalue weighted by molar-refractivity contribution is 5.92. The third-order valence-corrected chi connectivity index (χ3v) is 3.62. The lowest BCUT2D eigenvalue weighted by atomic mass is 9.85. The van der Waals surface area contributed by atoms with Crippen molar-refractivity contribution in [2.45, 2.75) is 45.1 Å². The minimum Gasteiger partial charge on any atom is -0.458 e. The van der Waals surface area contributed by atoms with Crippen molar-refractivity contribution in [2.75, 3.05) is 5.73 Å². The summed E-state index contributed by atoms with van der Waals surface area (Å²) in [6.07, 6.45) is 7.04. The van der Waals surface area contributed by atoms with E-state index in [-0.39, 0.29) is 11.8 Å². The molecule has 0 aromatic carbocycles. The molecule has 0 spiro atoms. The molecule has 2 N–H and O–H groups in total. The summed E-state index contributed by atoms with van der Waals surface area (Å²) in [7, 11) is 0. The van der Waals surface area contributed by atoms with Crippen LogP contribution < -0.4 is 5.73 Å². The van der Waals surface area contributed by atoms with Crippen LogP contribution in [0.25, 0.3) is 0 Å². The van der Waals surface area contributed by atoms with Gasteiger partial charge in [-0.3, -0.25) is 0 Å². The molecular formula is C14H20N2O2. The summed E-state index contributed by atoms with van der Waals surface area (Å²) < 4.78 is 5.51. The third-order valence-electron chi connectivity index (χ3n) is 3.62. The van der Waals surface area contributed by atoms with Crippen molar-refractivity contribution in [3.63, 3.8) is 0 Å². The Morgan fingerprint density at radius 3 is 3.11 bits per heavy atom. The number of carbonyl (C=O) groups excluding carboxylic acids is 1. The maximum Gasteiger partial charge on any atom is 0.359 e. The SMILES string of the molecule is CCC1CCCC(OC(=O)c2ncccc2N)C1. The monoisotopic (exact) mass is 248 g/mol. The number of aromatic nitrogens is 1. The maximum absolute atomic E-state index is 12.0. The zero-order valence-corrected chi connectivity index (χ0v) is 10.8. The molecule has 1 aliphatic rings. The van der Waals surface area contributed by atoms with Crippen LogP contribution in [0.1, 0.15) is 49.5 Å². The van der Waals surface area contributed by atoms with Crippen molar-refractivity contribution < 1.29 is 9.53 Å². The molecule has 0 bridgehead atoms. The third kappa shape index (κ3) is 3.00. The van der Waals surface area contributed by atoms with E-state index < -0.39 is 5.97 Å². The first-order valence-electron chi connectivity index (χ1n) is 6.62. The van der Waals surface area contributed by atoms with Crippen LogP contribution in [0.15, 0.2) is 18.3 Å². The van der Waals surface area contributed by atoms with Crippen LogP contribution in [0.4, 0.5) is 5.69 Å². The summed E-state index contributed by atoms with van der Waals surface area (Å²) >= 11 is 0. The van der Waals surface area contributed by atoms with Crippen molar-refractivity contribution in [1.29, 1.82) is 0 Å². The summed E-state index contributed by atoms with van der Waals surface area (Å²) in [6.45, 7) is 2.19. The lowest BCUT2D eigenvalue weighted by Crippen LogP contribution is -2.26. The quantitative estimate of drug-likeness (QED) is 0.835. The smallest absolute Gasteiger partial charge is 0.359 e. The van der Waals surface area contributed by atoms with Gasteiger partial charge in [0.2, 0.25) is 0 Å². The number of carbonyl (C=O) groups is 1. The summed E-state index contributed by atoms with van der Waals surface area (Å²) in [5, 5.41) is 0. The van der Waals surface area contributed by atoms with E-state index in [2.05, 4.69) is 11.9 Å². The molecule has 1 saturated carbocycles. The van der Waals surface area contributed by atoms with Crippen molar-refractivity contribution in [3.8, 4) is 0 Å². The van der Waals surface area contributed by atoms with Gasteiger partial charge in [0.25, 0.3) is 0 Å². The number of nitrogens with two attached hydrogens (primary N) is 1. The maximum atomic E-state index is 12.0. The first-order valence-corrected chi connectivity index (χ1v) is 6.62. The normalized spacial score (nSPS) is 23.6. The van der Waals surface area contributed by atoms with Gasteiger partial charge >= 0.3 is 5.97 Å². The fourth-order valence-electron chi connectivity index (χ4n) is 2.51. The minimum atomic E-state index is -0.394. The predicted octanol–water partition coefficient (Wildman–Crippen LogP) is 2.79. The number of hydrogen-bond acceptors (Lipinski definition) is 4. The van der Waals surface area contributed by atoms with Crippen LogP contribution >= 0.6 is 0 Å². The van der Waals surface area contributed by atoms with Crippen molar-refractivity contribution in [3.05, 3.63) is 24.0 Å². The van der Waals surface area contributed by atoms with E-state index in [0.717, 1.165) is 25.7 Å². The molecule has 1 heterocycles. The summed E-state index contributed by atoms with van der Waals surface area (Å²) in [5.41, 5.74) is 6.33. The van der Waals surface area contributed by atoms with Gasteiger partial charge in [-0.25, -0.2) is 9.78 Å². The molecule has 18 heavy (non-hydrogen) atoms. The van der Waals surface area contributed by atoms with Gasteiger partial charge in [0, 0.05) is 6.20 Å². The van der Waals surface area contributed by atoms with E-state index in [0.29, 0.717) is 11.6 Å².